The number of piperazine rings is 1. The van der Waals surface area contributed by atoms with Gasteiger partial charge in [-0.15, -0.1) is 0 Å². The summed E-state index contributed by atoms with van der Waals surface area (Å²) in [5.41, 5.74) is 9.09. The molecule has 0 radical (unpaired) electrons. The average Bonchev–Trinajstić information content (AvgIpc) is 3.11. The number of carbonyl (C=O) groups is 1. The molecule has 1 aliphatic heterocycles. The molecule has 0 aliphatic carbocycles. The van der Waals surface area contributed by atoms with Crippen LogP contribution in [0.4, 0.5) is 11.5 Å². The van der Waals surface area contributed by atoms with Crippen molar-refractivity contribution in [3.8, 4) is 17.0 Å². The number of nitrogens with zero attached hydrogens (tertiary/aromatic N) is 4. The van der Waals surface area contributed by atoms with Gasteiger partial charge in [-0.25, -0.2) is 0 Å². The van der Waals surface area contributed by atoms with Crippen LogP contribution in [0.15, 0.2) is 57.5 Å². The Kier molecular flexibility index (Phi) is 7.17. The maximum Gasteiger partial charge on any atom is 0.160 e. The molecule has 32 heavy (non-hydrogen) atoms. The number of carbonyl (C=O) groups excluding carboxylic acids is 1. The number of methoxy groups -OCH3 is 1. The molecule has 3 aromatic rings. The normalized spacial score (nSPS) is 15.5. The highest BCUT2D eigenvalue weighted by atomic mass is 79.9. The van der Waals surface area contributed by atoms with E-state index in [4.69, 9.17) is 10.5 Å². The zero-order valence-electron chi connectivity index (χ0n) is 17.7. The number of aromatic nitrogens is 2. The molecular formula is C23H25Br2N5O2. The smallest absolute Gasteiger partial charge is 0.160 e. The molecule has 0 amide bonds. The zero-order chi connectivity index (χ0) is 22.7. The Bertz CT molecular complexity index is 1080. The fourth-order valence-electron chi connectivity index (χ4n) is 4.04. The maximum absolute atomic E-state index is 12.1. The number of benzene rings is 2. The SMILES string of the molecule is COc1cc(N2CCN(C(C=O)Cn3nc(N)c(Br)c3-c3ccccc3)CC2)ccc1Br. The van der Waals surface area contributed by atoms with Crippen LogP contribution in [0, 0.1) is 0 Å². The van der Waals surface area contributed by atoms with Crippen molar-refractivity contribution in [1.29, 1.82) is 0 Å². The van der Waals surface area contributed by atoms with Crippen molar-refractivity contribution in [2.75, 3.05) is 43.9 Å². The third kappa shape index (κ3) is 4.69. The van der Waals surface area contributed by atoms with E-state index in [-0.39, 0.29) is 6.04 Å². The van der Waals surface area contributed by atoms with E-state index < -0.39 is 0 Å². The van der Waals surface area contributed by atoms with Crippen LogP contribution in [0.5, 0.6) is 5.75 Å². The van der Waals surface area contributed by atoms with Crippen LogP contribution >= 0.6 is 31.9 Å². The van der Waals surface area contributed by atoms with E-state index in [9.17, 15) is 4.79 Å². The van der Waals surface area contributed by atoms with Crippen LogP contribution < -0.4 is 15.4 Å². The van der Waals surface area contributed by atoms with Crippen molar-refractivity contribution < 1.29 is 9.53 Å². The topological polar surface area (TPSA) is 76.6 Å². The van der Waals surface area contributed by atoms with E-state index in [1.54, 1.807) is 7.11 Å². The third-order valence-corrected chi connectivity index (χ3v) is 7.20. The molecule has 1 unspecified atom stereocenters. The lowest BCUT2D eigenvalue weighted by molar-refractivity contribution is -0.113. The Morgan fingerprint density at radius 3 is 2.50 bits per heavy atom. The molecule has 1 fully saturated rings. The lowest BCUT2D eigenvalue weighted by atomic mass is 10.1. The number of nitrogen functional groups attached to an aromatic ring is 1. The lowest BCUT2D eigenvalue weighted by Crippen LogP contribution is -2.52. The lowest BCUT2D eigenvalue weighted by Gasteiger charge is -2.38. The summed E-state index contributed by atoms with van der Waals surface area (Å²) in [6.45, 7) is 3.65. The Balaban J connectivity index is 1.48. The molecule has 7 nitrogen and oxygen atoms in total. The highest BCUT2D eigenvalue weighted by molar-refractivity contribution is 9.11. The van der Waals surface area contributed by atoms with Crippen LogP contribution in [-0.2, 0) is 11.3 Å². The molecule has 2 N–H and O–H groups in total. The Morgan fingerprint density at radius 1 is 1.12 bits per heavy atom. The van der Waals surface area contributed by atoms with Crippen molar-refractivity contribution in [2.45, 2.75) is 12.6 Å². The highest BCUT2D eigenvalue weighted by Crippen LogP contribution is 2.33. The van der Waals surface area contributed by atoms with Crippen molar-refractivity contribution in [2.24, 2.45) is 0 Å². The van der Waals surface area contributed by atoms with E-state index >= 15 is 0 Å². The first-order valence-electron chi connectivity index (χ1n) is 10.4. The molecular weight excluding hydrogens is 538 g/mol. The minimum Gasteiger partial charge on any atom is -0.495 e. The molecule has 1 saturated heterocycles. The van der Waals surface area contributed by atoms with Crippen molar-refractivity contribution >= 4 is 49.7 Å². The maximum atomic E-state index is 12.1. The van der Waals surface area contributed by atoms with Gasteiger partial charge in [0.05, 0.1) is 34.3 Å². The third-order valence-electron chi connectivity index (χ3n) is 5.77. The molecule has 1 aromatic heterocycles. The number of anilines is 2. The van der Waals surface area contributed by atoms with Gasteiger partial charge in [0.25, 0.3) is 0 Å². The summed E-state index contributed by atoms with van der Waals surface area (Å²) < 4.78 is 8.94. The molecule has 0 saturated carbocycles. The predicted molar refractivity (Wildman–Crippen MR) is 134 cm³/mol. The second-order valence-corrected chi connectivity index (χ2v) is 9.29. The largest absolute Gasteiger partial charge is 0.495 e. The monoisotopic (exact) mass is 561 g/mol. The fraction of sp³-hybridized carbons (Fsp3) is 0.304. The van der Waals surface area contributed by atoms with Gasteiger partial charge < -0.3 is 20.2 Å². The number of nitrogens with two attached hydrogens (primary N) is 1. The Morgan fingerprint density at radius 2 is 1.84 bits per heavy atom. The number of halogens is 2. The number of aldehydes is 1. The molecule has 2 heterocycles. The number of ether oxygens (including phenoxy) is 1. The molecule has 0 bridgehead atoms. The van der Waals surface area contributed by atoms with Crippen LogP contribution in [0.1, 0.15) is 0 Å². The van der Waals surface area contributed by atoms with Gasteiger partial charge in [-0.3, -0.25) is 9.58 Å². The molecule has 9 heteroatoms. The quantitative estimate of drug-likeness (QED) is 0.438. The highest BCUT2D eigenvalue weighted by Gasteiger charge is 2.26. The second-order valence-electron chi connectivity index (χ2n) is 7.64. The molecule has 2 aromatic carbocycles. The van der Waals surface area contributed by atoms with Gasteiger partial charge in [0.1, 0.15) is 12.0 Å². The fourth-order valence-corrected chi connectivity index (χ4v) is 4.96. The van der Waals surface area contributed by atoms with Crippen LogP contribution in [0.25, 0.3) is 11.3 Å². The number of rotatable bonds is 7. The minimum absolute atomic E-state index is 0.287. The van der Waals surface area contributed by atoms with E-state index in [1.807, 2.05) is 47.1 Å². The molecule has 1 aliphatic rings. The van der Waals surface area contributed by atoms with E-state index in [1.165, 1.54) is 0 Å². The molecule has 0 spiro atoms. The summed E-state index contributed by atoms with van der Waals surface area (Å²) in [5.74, 6) is 1.23. The van der Waals surface area contributed by atoms with E-state index in [2.05, 4.69) is 52.8 Å². The van der Waals surface area contributed by atoms with Crippen LogP contribution in [0.2, 0.25) is 0 Å². The summed E-state index contributed by atoms with van der Waals surface area (Å²) in [7, 11) is 1.67. The van der Waals surface area contributed by atoms with Gasteiger partial charge in [-0.1, -0.05) is 30.3 Å². The summed E-state index contributed by atoms with van der Waals surface area (Å²) in [4.78, 5) is 16.6. The number of hydrogen-bond acceptors (Lipinski definition) is 6. The first-order chi connectivity index (χ1) is 15.5. The van der Waals surface area contributed by atoms with Gasteiger partial charge >= 0.3 is 0 Å². The van der Waals surface area contributed by atoms with Gasteiger partial charge in [0, 0.05) is 43.5 Å². The van der Waals surface area contributed by atoms with Crippen LogP contribution in [-0.4, -0.2) is 60.3 Å². The second kappa shape index (κ2) is 10.1. The molecule has 1 atom stereocenters. The first-order valence-corrected chi connectivity index (χ1v) is 12.0. The Labute approximate surface area is 204 Å². The Hall–Kier alpha value is -2.36. The first kappa shape index (κ1) is 22.8. The summed E-state index contributed by atoms with van der Waals surface area (Å²) in [5, 5.41) is 4.49. The van der Waals surface area contributed by atoms with Crippen molar-refractivity contribution in [1.82, 2.24) is 14.7 Å². The van der Waals surface area contributed by atoms with Gasteiger partial charge in [0.15, 0.2) is 5.82 Å². The van der Waals surface area contributed by atoms with Gasteiger partial charge in [-0.05, 0) is 44.0 Å². The van der Waals surface area contributed by atoms with E-state index in [0.29, 0.717) is 12.4 Å². The number of hydrogen-bond donors (Lipinski definition) is 1. The van der Waals surface area contributed by atoms with Crippen molar-refractivity contribution in [3.05, 3.63) is 57.5 Å². The van der Waals surface area contributed by atoms with Crippen LogP contribution in [0.3, 0.4) is 0 Å². The van der Waals surface area contributed by atoms with Crippen molar-refractivity contribution in [3.63, 3.8) is 0 Å². The van der Waals surface area contributed by atoms with Gasteiger partial charge in [0.2, 0.25) is 0 Å². The minimum atomic E-state index is -0.287. The zero-order valence-corrected chi connectivity index (χ0v) is 20.9. The molecule has 4 rings (SSSR count). The summed E-state index contributed by atoms with van der Waals surface area (Å²) in [6.07, 6.45) is 1.01. The standard InChI is InChI=1S/C23H25Br2N5O2/c1-32-20-13-17(7-8-19(20)24)28-9-11-29(12-10-28)18(15-31)14-30-22(21(25)23(26)27-30)16-5-3-2-4-6-16/h2-8,13,15,18H,9-12,14H2,1H3,(H2,26,27). The van der Waals surface area contributed by atoms with E-state index in [0.717, 1.165) is 64.1 Å². The predicted octanol–water partition coefficient (Wildman–Crippen LogP) is 4.06. The summed E-state index contributed by atoms with van der Waals surface area (Å²) >= 11 is 7.07. The average molecular weight is 563 g/mol. The summed E-state index contributed by atoms with van der Waals surface area (Å²) in [6, 6.07) is 15.8. The van der Waals surface area contributed by atoms with Gasteiger partial charge in [-0.2, -0.15) is 5.10 Å². The molecule has 168 valence electrons.